The summed E-state index contributed by atoms with van der Waals surface area (Å²) in [5.74, 6) is 1.05. The van der Waals surface area contributed by atoms with E-state index in [1.54, 1.807) is 12.1 Å². The van der Waals surface area contributed by atoms with Gasteiger partial charge in [-0.1, -0.05) is 30.7 Å². The maximum absolute atomic E-state index is 13.9. The molecule has 2 aromatic carbocycles. The fraction of sp³-hybridized carbons (Fsp3) is 0.294. The molecule has 20 heavy (non-hydrogen) atoms. The van der Waals surface area contributed by atoms with E-state index in [2.05, 4.69) is 12.2 Å². The molecule has 0 heterocycles. The third kappa shape index (κ3) is 3.81. The van der Waals surface area contributed by atoms with Crippen molar-refractivity contribution >= 4 is 0 Å². The van der Waals surface area contributed by atoms with Crippen molar-refractivity contribution in [2.45, 2.75) is 26.8 Å². The molecule has 0 spiro atoms. The first kappa shape index (κ1) is 14.5. The summed E-state index contributed by atoms with van der Waals surface area (Å²) in [4.78, 5) is 0. The Morgan fingerprint density at radius 1 is 1.10 bits per heavy atom. The van der Waals surface area contributed by atoms with Gasteiger partial charge < -0.3 is 10.1 Å². The summed E-state index contributed by atoms with van der Waals surface area (Å²) in [6.45, 7) is 5.43. The Balaban J connectivity index is 2.17. The van der Waals surface area contributed by atoms with Crippen molar-refractivity contribution in [1.29, 1.82) is 0 Å². The maximum Gasteiger partial charge on any atom is 0.134 e. The fourth-order valence-corrected chi connectivity index (χ4v) is 1.93. The topological polar surface area (TPSA) is 21.3 Å². The molecule has 0 aromatic heterocycles. The van der Waals surface area contributed by atoms with Crippen LogP contribution in [0.3, 0.4) is 0 Å². The molecular weight excluding hydrogens is 253 g/mol. The van der Waals surface area contributed by atoms with Crippen LogP contribution in [-0.2, 0) is 6.54 Å². The Labute approximate surface area is 119 Å². The van der Waals surface area contributed by atoms with E-state index >= 15 is 0 Å². The molecule has 106 valence electrons. The van der Waals surface area contributed by atoms with Gasteiger partial charge in [0.15, 0.2) is 0 Å². The van der Waals surface area contributed by atoms with Crippen molar-refractivity contribution in [2.75, 3.05) is 6.54 Å². The maximum atomic E-state index is 13.9. The van der Waals surface area contributed by atoms with Gasteiger partial charge in [-0.15, -0.1) is 0 Å². The molecule has 2 rings (SSSR count). The van der Waals surface area contributed by atoms with Gasteiger partial charge in [0.05, 0.1) is 0 Å². The number of hydrogen-bond donors (Lipinski definition) is 1. The van der Waals surface area contributed by atoms with E-state index in [9.17, 15) is 4.39 Å². The van der Waals surface area contributed by atoms with Gasteiger partial charge in [0, 0.05) is 12.1 Å². The summed E-state index contributed by atoms with van der Waals surface area (Å²) < 4.78 is 19.7. The molecule has 0 aliphatic rings. The van der Waals surface area contributed by atoms with Gasteiger partial charge in [0.1, 0.15) is 17.3 Å². The Morgan fingerprint density at radius 2 is 1.85 bits per heavy atom. The van der Waals surface area contributed by atoms with Gasteiger partial charge in [-0.05, 0) is 44.2 Å². The SMILES string of the molecule is CCCNCc1c(F)cccc1Oc1ccc(C)cc1. The van der Waals surface area contributed by atoms with Crippen molar-refractivity contribution in [3.63, 3.8) is 0 Å². The molecule has 0 saturated carbocycles. The van der Waals surface area contributed by atoms with E-state index in [1.165, 1.54) is 11.6 Å². The fourth-order valence-electron chi connectivity index (χ4n) is 1.93. The first-order chi connectivity index (χ1) is 9.70. The highest BCUT2D eigenvalue weighted by Crippen LogP contribution is 2.27. The van der Waals surface area contributed by atoms with Crippen LogP contribution in [0.5, 0.6) is 11.5 Å². The van der Waals surface area contributed by atoms with Crippen molar-refractivity contribution < 1.29 is 9.13 Å². The summed E-state index contributed by atoms with van der Waals surface area (Å²) >= 11 is 0. The summed E-state index contributed by atoms with van der Waals surface area (Å²) in [7, 11) is 0. The average Bonchev–Trinajstić information content (AvgIpc) is 2.44. The first-order valence-corrected chi connectivity index (χ1v) is 6.93. The molecule has 3 heteroatoms. The highest BCUT2D eigenvalue weighted by molar-refractivity contribution is 5.39. The molecule has 0 unspecified atom stereocenters. The quantitative estimate of drug-likeness (QED) is 0.786. The van der Waals surface area contributed by atoms with E-state index in [4.69, 9.17) is 4.74 Å². The molecule has 1 N–H and O–H groups in total. The Bertz CT molecular complexity index is 551. The lowest BCUT2D eigenvalue weighted by Crippen LogP contribution is -2.15. The normalized spacial score (nSPS) is 10.6. The minimum Gasteiger partial charge on any atom is -0.457 e. The van der Waals surface area contributed by atoms with Crippen LogP contribution in [-0.4, -0.2) is 6.54 Å². The highest BCUT2D eigenvalue weighted by atomic mass is 19.1. The predicted molar refractivity (Wildman–Crippen MR) is 79.7 cm³/mol. The van der Waals surface area contributed by atoms with E-state index in [0.717, 1.165) is 18.7 Å². The third-order valence-corrected chi connectivity index (χ3v) is 3.05. The number of aryl methyl sites for hydroxylation is 1. The summed E-state index contributed by atoms with van der Waals surface area (Å²) in [6.07, 6.45) is 1.02. The molecule has 0 aliphatic carbocycles. The van der Waals surface area contributed by atoms with Crippen LogP contribution < -0.4 is 10.1 Å². The van der Waals surface area contributed by atoms with E-state index in [0.29, 0.717) is 17.9 Å². The van der Waals surface area contributed by atoms with Crippen LogP contribution in [0, 0.1) is 12.7 Å². The molecule has 0 bridgehead atoms. The van der Waals surface area contributed by atoms with Crippen LogP contribution in [0.1, 0.15) is 24.5 Å². The number of benzene rings is 2. The van der Waals surface area contributed by atoms with Crippen molar-refractivity contribution in [1.82, 2.24) is 5.32 Å². The number of nitrogens with one attached hydrogen (secondary N) is 1. The largest absolute Gasteiger partial charge is 0.457 e. The van der Waals surface area contributed by atoms with Crippen molar-refractivity contribution in [2.24, 2.45) is 0 Å². The Hall–Kier alpha value is -1.87. The first-order valence-electron chi connectivity index (χ1n) is 6.93. The Morgan fingerprint density at radius 3 is 2.55 bits per heavy atom. The summed E-state index contributed by atoms with van der Waals surface area (Å²) in [5, 5.41) is 3.21. The summed E-state index contributed by atoms with van der Waals surface area (Å²) in [5.41, 5.74) is 1.74. The average molecular weight is 273 g/mol. The van der Waals surface area contributed by atoms with Crippen molar-refractivity contribution in [3.05, 3.63) is 59.4 Å². The van der Waals surface area contributed by atoms with Gasteiger partial charge in [0.25, 0.3) is 0 Å². The molecule has 2 nitrogen and oxygen atoms in total. The second kappa shape index (κ2) is 7.06. The molecule has 0 atom stereocenters. The number of hydrogen-bond acceptors (Lipinski definition) is 2. The van der Waals surface area contributed by atoms with E-state index < -0.39 is 0 Å². The van der Waals surface area contributed by atoms with Crippen LogP contribution >= 0.6 is 0 Å². The summed E-state index contributed by atoms with van der Waals surface area (Å²) in [6, 6.07) is 12.7. The lowest BCUT2D eigenvalue weighted by molar-refractivity contribution is 0.462. The van der Waals surface area contributed by atoms with Gasteiger partial charge in [-0.25, -0.2) is 4.39 Å². The molecule has 0 amide bonds. The highest BCUT2D eigenvalue weighted by Gasteiger charge is 2.10. The molecular formula is C17H20FNO. The lowest BCUT2D eigenvalue weighted by Gasteiger charge is -2.12. The van der Waals surface area contributed by atoms with Gasteiger partial charge in [-0.2, -0.15) is 0 Å². The monoisotopic (exact) mass is 273 g/mol. The minimum atomic E-state index is -0.238. The molecule has 0 aliphatic heterocycles. The molecule has 0 fully saturated rings. The standard InChI is InChI=1S/C17H20FNO/c1-3-11-19-12-15-16(18)5-4-6-17(15)20-14-9-7-13(2)8-10-14/h4-10,19H,3,11-12H2,1-2H3. The van der Waals surface area contributed by atoms with E-state index in [1.807, 2.05) is 31.2 Å². The van der Waals surface area contributed by atoms with Gasteiger partial charge in [0.2, 0.25) is 0 Å². The minimum absolute atomic E-state index is 0.238. The third-order valence-electron chi connectivity index (χ3n) is 3.05. The van der Waals surface area contributed by atoms with E-state index in [-0.39, 0.29) is 5.82 Å². The Kier molecular flexibility index (Phi) is 5.13. The number of ether oxygens (including phenoxy) is 1. The van der Waals surface area contributed by atoms with Crippen LogP contribution in [0.2, 0.25) is 0 Å². The zero-order valence-electron chi connectivity index (χ0n) is 11.9. The lowest BCUT2D eigenvalue weighted by atomic mass is 10.1. The van der Waals surface area contributed by atoms with Gasteiger partial charge in [-0.3, -0.25) is 0 Å². The number of rotatable bonds is 6. The molecule has 2 aromatic rings. The predicted octanol–water partition coefficient (Wildman–Crippen LogP) is 4.43. The molecule has 0 saturated heterocycles. The molecule has 0 radical (unpaired) electrons. The smallest absolute Gasteiger partial charge is 0.134 e. The van der Waals surface area contributed by atoms with Crippen molar-refractivity contribution in [3.8, 4) is 11.5 Å². The zero-order chi connectivity index (χ0) is 14.4. The second-order valence-corrected chi connectivity index (χ2v) is 4.81. The van der Waals surface area contributed by atoms with Crippen LogP contribution in [0.25, 0.3) is 0 Å². The van der Waals surface area contributed by atoms with Crippen LogP contribution in [0.15, 0.2) is 42.5 Å². The van der Waals surface area contributed by atoms with Crippen LogP contribution in [0.4, 0.5) is 4.39 Å². The zero-order valence-corrected chi connectivity index (χ0v) is 11.9. The number of halogens is 1. The second-order valence-electron chi connectivity index (χ2n) is 4.81. The van der Waals surface area contributed by atoms with Gasteiger partial charge >= 0.3 is 0 Å².